The minimum Gasteiger partial charge on any atom is -0.310 e. The lowest BCUT2D eigenvalue weighted by atomic mass is 10.1. The number of pyridine rings is 1. The molecule has 0 unspecified atom stereocenters. The van der Waals surface area contributed by atoms with Crippen LogP contribution in [0, 0.1) is 0 Å². The van der Waals surface area contributed by atoms with E-state index in [4.69, 9.17) is 0 Å². The van der Waals surface area contributed by atoms with Crippen molar-refractivity contribution < 1.29 is 4.79 Å². The number of anilines is 1. The molecule has 2 aromatic heterocycles. The summed E-state index contributed by atoms with van der Waals surface area (Å²) in [5.41, 5.74) is 2.12. The first kappa shape index (κ1) is 14.8. The average Bonchev–Trinajstić information content (AvgIpc) is 3.27. The molecule has 4 rings (SSSR count). The van der Waals surface area contributed by atoms with Gasteiger partial charge in [0.2, 0.25) is 5.91 Å². The van der Waals surface area contributed by atoms with E-state index in [0.717, 1.165) is 35.0 Å². The molecule has 6 nitrogen and oxygen atoms in total. The summed E-state index contributed by atoms with van der Waals surface area (Å²) in [5, 5.41) is 11.8. The summed E-state index contributed by atoms with van der Waals surface area (Å²) < 4.78 is 0. The van der Waals surface area contributed by atoms with E-state index in [-0.39, 0.29) is 5.91 Å². The van der Waals surface area contributed by atoms with Gasteiger partial charge in [0.05, 0.1) is 12.7 Å². The van der Waals surface area contributed by atoms with Crippen LogP contribution in [0.5, 0.6) is 0 Å². The molecule has 1 amide bonds. The summed E-state index contributed by atoms with van der Waals surface area (Å²) in [6.45, 7) is 2.45. The number of benzene rings is 1. The Labute approximate surface area is 139 Å². The second-order valence-corrected chi connectivity index (χ2v) is 6.15. The summed E-state index contributed by atoms with van der Waals surface area (Å²) in [6, 6.07) is 8.07. The largest absolute Gasteiger partial charge is 0.310 e. The Morgan fingerprint density at radius 1 is 1.12 bits per heavy atom. The zero-order valence-corrected chi connectivity index (χ0v) is 13.3. The normalized spacial score (nSPS) is 15.0. The Hall–Kier alpha value is -2.73. The van der Waals surface area contributed by atoms with Gasteiger partial charge in [0, 0.05) is 23.3 Å². The summed E-state index contributed by atoms with van der Waals surface area (Å²) in [5.74, 6) is 0.589. The number of aromatic nitrogens is 3. The van der Waals surface area contributed by atoms with Gasteiger partial charge >= 0.3 is 0 Å². The van der Waals surface area contributed by atoms with Gasteiger partial charge < -0.3 is 5.32 Å². The molecule has 1 aromatic carbocycles. The minimum atomic E-state index is -0.00487. The molecule has 3 heterocycles. The van der Waals surface area contributed by atoms with Gasteiger partial charge in [0.15, 0.2) is 0 Å². The van der Waals surface area contributed by atoms with Crippen molar-refractivity contribution in [2.75, 3.05) is 25.0 Å². The van der Waals surface area contributed by atoms with E-state index in [0.29, 0.717) is 12.4 Å². The highest BCUT2D eigenvalue weighted by atomic mass is 16.2. The van der Waals surface area contributed by atoms with E-state index < -0.39 is 0 Å². The summed E-state index contributed by atoms with van der Waals surface area (Å²) in [6.07, 6.45) is 7.80. The molecule has 1 saturated heterocycles. The number of hydrogen-bond acceptors (Lipinski definition) is 4. The number of carbonyl (C=O) groups is 1. The van der Waals surface area contributed by atoms with Crippen LogP contribution < -0.4 is 5.32 Å². The number of likely N-dealkylation sites (tertiary alicyclic amines) is 1. The standard InChI is InChI=1S/C18H19N5O/c24-18(12-23-5-1-2-6-23)22-17-8-15-7-13(16-10-20-21-11-16)3-4-14(15)9-19-17/h3-4,7-11H,1-2,5-6,12H2,(H,20,21)(H,19,22,24). The van der Waals surface area contributed by atoms with Crippen LogP contribution in [0.15, 0.2) is 42.9 Å². The molecule has 0 radical (unpaired) electrons. The Balaban J connectivity index is 1.54. The highest BCUT2D eigenvalue weighted by molar-refractivity contribution is 5.94. The Morgan fingerprint density at radius 2 is 2.00 bits per heavy atom. The maximum Gasteiger partial charge on any atom is 0.239 e. The highest BCUT2D eigenvalue weighted by Crippen LogP contribution is 2.24. The first-order valence-electron chi connectivity index (χ1n) is 8.19. The van der Waals surface area contributed by atoms with Crippen molar-refractivity contribution in [2.45, 2.75) is 12.8 Å². The van der Waals surface area contributed by atoms with Crippen LogP contribution in [0.4, 0.5) is 5.82 Å². The van der Waals surface area contributed by atoms with Crippen molar-refractivity contribution >= 4 is 22.5 Å². The van der Waals surface area contributed by atoms with Crippen LogP contribution in [-0.4, -0.2) is 45.6 Å². The van der Waals surface area contributed by atoms with Gasteiger partial charge in [-0.15, -0.1) is 0 Å². The zero-order chi connectivity index (χ0) is 16.4. The van der Waals surface area contributed by atoms with Gasteiger partial charge in [-0.1, -0.05) is 12.1 Å². The van der Waals surface area contributed by atoms with E-state index >= 15 is 0 Å². The van der Waals surface area contributed by atoms with Crippen LogP contribution in [0.25, 0.3) is 21.9 Å². The number of nitrogens with one attached hydrogen (secondary N) is 2. The number of aromatic amines is 1. The predicted molar refractivity (Wildman–Crippen MR) is 93.6 cm³/mol. The topological polar surface area (TPSA) is 73.9 Å². The van der Waals surface area contributed by atoms with Crippen LogP contribution in [0.2, 0.25) is 0 Å². The average molecular weight is 321 g/mol. The van der Waals surface area contributed by atoms with Crippen molar-refractivity contribution in [3.8, 4) is 11.1 Å². The van der Waals surface area contributed by atoms with Crippen molar-refractivity contribution in [2.24, 2.45) is 0 Å². The number of hydrogen-bond donors (Lipinski definition) is 2. The van der Waals surface area contributed by atoms with Crippen LogP contribution in [-0.2, 0) is 4.79 Å². The molecule has 24 heavy (non-hydrogen) atoms. The van der Waals surface area contributed by atoms with Crippen LogP contribution >= 0.6 is 0 Å². The van der Waals surface area contributed by atoms with Crippen molar-refractivity contribution in [1.82, 2.24) is 20.1 Å². The maximum absolute atomic E-state index is 12.2. The van der Waals surface area contributed by atoms with E-state index in [9.17, 15) is 4.79 Å². The van der Waals surface area contributed by atoms with E-state index in [1.165, 1.54) is 12.8 Å². The van der Waals surface area contributed by atoms with Gasteiger partial charge in [0.25, 0.3) is 0 Å². The fourth-order valence-corrected chi connectivity index (χ4v) is 3.12. The number of fused-ring (bicyclic) bond motifs is 1. The molecular formula is C18H19N5O. The first-order valence-corrected chi connectivity index (χ1v) is 8.19. The Bertz CT molecular complexity index is 853. The SMILES string of the molecule is O=C(CN1CCCC1)Nc1cc2cc(-c3cn[nH]c3)ccc2cn1. The van der Waals surface area contributed by atoms with Gasteiger partial charge in [-0.2, -0.15) is 5.10 Å². The molecule has 1 aliphatic rings. The molecule has 122 valence electrons. The molecule has 0 bridgehead atoms. The molecule has 1 fully saturated rings. The van der Waals surface area contributed by atoms with E-state index in [1.807, 2.05) is 24.4 Å². The Morgan fingerprint density at radius 3 is 2.79 bits per heavy atom. The smallest absolute Gasteiger partial charge is 0.239 e. The zero-order valence-electron chi connectivity index (χ0n) is 13.3. The third kappa shape index (κ3) is 3.14. The summed E-state index contributed by atoms with van der Waals surface area (Å²) in [4.78, 5) is 18.7. The molecular weight excluding hydrogens is 302 g/mol. The third-order valence-electron chi connectivity index (χ3n) is 4.39. The maximum atomic E-state index is 12.2. The minimum absolute atomic E-state index is 0.00487. The molecule has 0 atom stereocenters. The second kappa shape index (κ2) is 6.41. The fraction of sp³-hybridized carbons (Fsp3) is 0.278. The lowest BCUT2D eigenvalue weighted by Gasteiger charge is -2.14. The monoisotopic (exact) mass is 321 g/mol. The number of H-pyrrole nitrogens is 1. The van der Waals surface area contributed by atoms with Gasteiger partial charge in [-0.25, -0.2) is 4.98 Å². The summed E-state index contributed by atoms with van der Waals surface area (Å²) in [7, 11) is 0. The van der Waals surface area contributed by atoms with Crippen molar-refractivity contribution in [1.29, 1.82) is 0 Å². The highest BCUT2D eigenvalue weighted by Gasteiger charge is 2.15. The molecule has 0 spiro atoms. The molecule has 2 N–H and O–H groups in total. The molecule has 1 aliphatic heterocycles. The molecule has 6 heteroatoms. The van der Waals surface area contributed by atoms with Gasteiger partial charge in [-0.3, -0.25) is 14.8 Å². The van der Waals surface area contributed by atoms with E-state index in [1.54, 1.807) is 12.4 Å². The predicted octanol–water partition coefficient (Wildman–Crippen LogP) is 2.66. The number of nitrogens with zero attached hydrogens (tertiary/aromatic N) is 3. The van der Waals surface area contributed by atoms with E-state index in [2.05, 4.69) is 31.5 Å². The molecule has 3 aromatic rings. The fourth-order valence-electron chi connectivity index (χ4n) is 3.12. The summed E-state index contributed by atoms with van der Waals surface area (Å²) >= 11 is 0. The number of carbonyl (C=O) groups excluding carboxylic acids is 1. The Kier molecular flexibility index (Phi) is 3.96. The third-order valence-corrected chi connectivity index (χ3v) is 4.39. The first-order chi connectivity index (χ1) is 11.8. The van der Waals surface area contributed by atoms with Crippen molar-refractivity contribution in [3.05, 3.63) is 42.9 Å². The lowest BCUT2D eigenvalue weighted by molar-refractivity contribution is -0.117. The number of amides is 1. The second-order valence-electron chi connectivity index (χ2n) is 6.15. The van der Waals surface area contributed by atoms with Crippen LogP contribution in [0.1, 0.15) is 12.8 Å². The van der Waals surface area contributed by atoms with Gasteiger partial charge in [-0.05, 0) is 49.0 Å². The van der Waals surface area contributed by atoms with Crippen LogP contribution in [0.3, 0.4) is 0 Å². The quantitative estimate of drug-likeness (QED) is 0.775. The number of rotatable bonds is 4. The van der Waals surface area contributed by atoms with Crippen molar-refractivity contribution in [3.63, 3.8) is 0 Å². The lowest BCUT2D eigenvalue weighted by Crippen LogP contribution is -2.31. The molecule has 0 saturated carbocycles. The van der Waals surface area contributed by atoms with Gasteiger partial charge in [0.1, 0.15) is 5.82 Å². The molecule has 0 aliphatic carbocycles.